The maximum absolute atomic E-state index is 10.8. The van der Waals surface area contributed by atoms with Gasteiger partial charge in [0.15, 0.2) is 6.16 Å². The van der Waals surface area contributed by atoms with E-state index in [1.807, 2.05) is 0 Å². The Balaban J connectivity index is 4.35. The average molecular weight is 253 g/mol. The zero-order valence-corrected chi connectivity index (χ0v) is 8.68. The summed E-state index contributed by atoms with van der Waals surface area (Å²) >= 11 is 0. The molecule has 0 aromatic rings. The summed E-state index contributed by atoms with van der Waals surface area (Å²) in [5, 5.41) is 22.0. The van der Waals surface area contributed by atoms with Crippen molar-refractivity contribution in [2.45, 2.75) is 12.5 Å². The average Bonchev–Trinajstić information content (AvgIpc) is 1.97. The van der Waals surface area contributed by atoms with Crippen molar-refractivity contribution in [2.75, 3.05) is 6.16 Å². The van der Waals surface area contributed by atoms with Crippen LogP contribution in [0.15, 0.2) is 0 Å². The van der Waals surface area contributed by atoms with Crippen LogP contribution in [0.25, 0.3) is 0 Å². The third kappa shape index (κ3) is 7.07. The van der Waals surface area contributed by atoms with Crippen molar-refractivity contribution < 1.29 is 39.3 Å². The monoisotopic (exact) mass is 253 g/mol. The van der Waals surface area contributed by atoms with E-state index in [0.29, 0.717) is 0 Å². The highest BCUT2D eigenvalue weighted by Crippen LogP contribution is 2.38. The van der Waals surface area contributed by atoms with E-state index < -0.39 is 44.4 Å². The molecule has 0 aliphatic carbocycles. The fourth-order valence-corrected chi connectivity index (χ4v) is 1.25. The lowest BCUT2D eigenvalue weighted by Crippen LogP contribution is -2.51. The standard InChI is InChI=1S/C6H10NO8P/c8-4(2-16(13,14)15)7-3(6(11)12)1-5(9)10/h3H,1-2H2,(H,7,8)(H,9,10)(H,11,12)(H2,13,14,15)/p-2/t3-/m0/s1. The van der Waals surface area contributed by atoms with Crippen LogP contribution in [0.2, 0.25) is 0 Å². The Kier molecular flexibility index (Phi) is 5.25. The maximum Gasteiger partial charge on any atom is 0.263 e. The van der Waals surface area contributed by atoms with Gasteiger partial charge in [-0.05, 0) is 0 Å². The molecule has 0 saturated heterocycles. The van der Waals surface area contributed by atoms with Crippen molar-refractivity contribution in [1.82, 2.24) is 5.32 Å². The second kappa shape index (κ2) is 5.71. The minimum atomic E-state index is -4.63. The van der Waals surface area contributed by atoms with E-state index in [9.17, 15) is 29.5 Å². The van der Waals surface area contributed by atoms with Gasteiger partial charge in [0.05, 0.1) is 12.0 Å². The number of carboxylic acid groups (broad SMARTS) is 2. The lowest BCUT2D eigenvalue weighted by Gasteiger charge is -2.21. The fraction of sp³-hybridized carbons (Fsp3) is 0.500. The summed E-state index contributed by atoms with van der Waals surface area (Å²) in [7, 11) is -4.63. The van der Waals surface area contributed by atoms with Gasteiger partial charge in [0.1, 0.15) is 0 Å². The number of carboxylic acids is 2. The molecule has 0 saturated carbocycles. The van der Waals surface area contributed by atoms with Crippen molar-refractivity contribution in [2.24, 2.45) is 0 Å². The minimum Gasteiger partial charge on any atom is -0.631 e. The Labute approximate surface area is 89.9 Å². The van der Waals surface area contributed by atoms with E-state index in [1.54, 1.807) is 5.32 Å². The van der Waals surface area contributed by atoms with Crippen molar-refractivity contribution in [3.63, 3.8) is 0 Å². The molecule has 0 spiro atoms. The number of aliphatic carboxylic acids is 2. The number of carbonyl (C=O) groups is 3. The first kappa shape index (κ1) is 14.7. The van der Waals surface area contributed by atoms with Gasteiger partial charge in [-0.15, -0.1) is 0 Å². The molecule has 0 aromatic heterocycles. The SMILES string of the molecule is O=C([O-])C[C@H](NC(=O)C[P+]([O-])(O)O)C(=O)[O-]. The van der Waals surface area contributed by atoms with Crippen molar-refractivity contribution in [3.05, 3.63) is 0 Å². The molecule has 0 aromatic carbocycles. The quantitative estimate of drug-likeness (QED) is 0.393. The van der Waals surface area contributed by atoms with Crippen molar-refractivity contribution in [3.8, 4) is 0 Å². The normalized spacial score (nSPS) is 12.9. The van der Waals surface area contributed by atoms with Gasteiger partial charge in [-0.3, -0.25) is 4.79 Å². The molecule has 0 bridgehead atoms. The molecule has 0 fully saturated rings. The van der Waals surface area contributed by atoms with Crippen LogP contribution in [0.4, 0.5) is 0 Å². The molecule has 3 N–H and O–H groups in total. The Hall–Kier alpha value is -1.28. The van der Waals surface area contributed by atoms with Gasteiger partial charge in [0.2, 0.25) is 7.94 Å². The summed E-state index contributed by atoms with van der Waals surface area (Å²) in [5.74, 6) is -4.92. The zero-order valence-electron chi connectivity index (χ0n) is 7.78. The van der Waals surface area contributed by atoms with Crippen LogP contribution in [0, 0.1) is 0 Å². The van der Waals surface area contributed by atoms with Gasteiger partial charge >= 0.3 is 0 Å². The van der Waals surface area contributed by atoms with Crippen LogP contribution in [-0.4, -0.2) is 39.8 Å². The van der Waals surface area contributed by atoms with Gasteiger partial charge in [0.25, 0.3) is 5.91 Å². The largest absolute Gasteiger partial charge is 0.631 e. The molecule has 1 atom stereocenters. The highest BCUT2D eigenvalue weighted by molar-refractivity contribution is 7.58. The van der Waals surface area contributed by atoms with Crippen LogP contribution < -0.4 is 20.4 Å². The van der Waals surface area contributed by atoms with Gasteiger partial charge in [-0.1, -0.05) is 0 Å². The predicted octanol–water partition coefficient (Wildman–Crippen LogP) is -5.53. The number of hydrogen-bond donors (Lipinski definition) is 3. The topological polar surface area (TPSA) is 173 Å². The maximum atomic E-state index is 10.8. The molecular weight excluding hydrogens is 245 g/mol. The van der Waals surface area contributed by atoms with E-state index in [4.69, 9.17) is 9.79 Å². The molecule has 0 unspecified atom stereocenters. The fourth-order valence-electron chi connectivity index (χ4n) is 0.787. The summed E-state index contributed by atoms with van der Waals surface area (Å²) in [5.41, 5.74) is 0. The molecule has 0 aliphatic heterocycles. The molecule has 0 heterocycles. The molecule has 9 nitrogen and oxygen atoms in total. The second-order valence-corrected chi connectivity index (χ2v) is 4.48. The third-order valence-corrected chi connectivity index (χ3v) is 2.04. The molecule has 10 heteroatoms. The highest BCUT2D eigenvalue weighted by atomic mass is 31.2. The molecule has 0 aliphatic rings. The summed E-state index contributed by atoms with van der Waals surface area (Å²) in [4.78, 5) is 58.4. The first-order valence-corrected chi connectivity index (χ1v) is 5.66. The number of rotatable bonds is 6. The first-order chi connectivity index (χ1) is 7.11. The lowest BCUT2D eigenvalue weighted by molar-refractivity contribution is -0.317. The Bertz CT molecular complexity index is 297. The summed E-state index contributed by atoms with van der Waals surface area (Å²) < 4.78 is 0. The van der Waals surface area contributed by atoms with Crippen LogP contribution in [0.1, 0.15) is 6.42 Å². The minimum absolute atomic E-state index is 1.05. The smallest absolute Gasteiger partial charge is 0.263 e. The molecule has 0 radical (unpaired) electrons. The van der Waals surface area contributed by atoms with E-state index in [-0.39, 0.29) is 0 Å². The molecule has 92 valence electrons. The Morgan fingerprint density at radius 1 is 1.25 bits per heavy atom. The zero-order chi connectivity index (χ0) is 12.9. The summed E-state index contributed by atoms with van der Waals surface area (Å²) in [6, 6.07) is -1.89. The number of carbonyl (C=O) groups excluding carboxylic acids is 3. The van der Waals surface area contributed by atoms with Crippen LogP contribution in [-0.2, 0) is 14.4 Å². The van der Waals surface area contributed by atoms with Gasteiger partial charge in [-0.2, -0.15) is 0 Å². The van der Waals surface area contributed by atoms with Crippen molar-refractivity contribution >= 4 is 25.8 Å². The first-order valence-electron chi connectivity index (χ1n) is 3.86. The number of hydrogen-bond acceptors (Lipinski definition) is 8. The summed E-state index contributed by atoms with van der Waals surface area (Å²) in [6.07, 6.45) is -2.28. The van der Waals surface area contributed by atoms with Gasteiger partial charge in [-0.25, -0.2) is 9.79 Å². The second-order valence-electron chi connectivity index (χ2n) is 2.84. The van der Waals surface area contributed by atoms with Gasteiger partial charge < -0.3 is 30.0 Å². The predicted molar refractivity (Wildman–Crippen MR) is 42.8 cm³/mol. The van der Waals surface area contributed by atoms with Gasteiger partial charge in [0, 0.05) is 12.4 Å². The van der Waals surface area contributed by atoms with E-state index in [1.165, 1.54) is 0 Å². The van der Waals surface area contributed by atoms with E-state index in [2.05, 4.69) is 0 Å². The number of nitrogens with one attached hydrogen (secondary N) is 1. The van der Waals surface area contributed by atoms with E-state index >= 15 is 0 Å². The third-order valence-electron chi connectivity index (χ3n) is 1.34. The Morgan fingerprint density at radius 2 is 1.75 bits per heavy atom. The lowest BCUT2D eigenvalue weighted by atomic mass is 10.2. The van der Waals surface area contributed by atoms with Crippen LogP contribution in [0.3, 0.4) is 0 Å². The molecule has 0 rings (SSSR count). The highest BCUT2D eigenvalue weighted by Gasteiger charge is 2.25. The van der Waals surface area contributed by atoms with Crippen molar-refractivity contribution in [1.29, 1.82) is 0 Å². The van der Waals surface area contributed by atoms with Crippen LogP contribution in [0.5, 0.6) is 0 Å². The van der Waals surface area contributed by atoms with E-state index in [0.717, 1.165) is 0 Å². The molecule has 1 amide bonds. The summed E-state index contributed by atoms with van der Waals surface area (Å²) in [6.45, 7) is 0. The van der Waals surface area contributed by atoms with Crippen LogP contribution >= 0.6 is 7.94 Å². The Morgan fingerprint density at radius 3 is 2.06 bits per heavy atom. The molecule has 16 heavy (non-hydrogen) atoms. The molecular formula is C6H8NO8P-2. The number of amides is 1.